The van der Waals surface area contributed by atoms with Gasteiger partial charge in [0.25, 0.3) is 10.1 Å². The lowest BCUT2D eigenvalue weighted by Crippen LogP contribution is -2.60. The fourth-order valence-electron chi connectivity index (χ4n) is 8.54. The molecular formula is C27H37F3O8S. The van der Waals surface area contributed by atoms with Crippen molar-refractivity contribution in [3.63, 3.8) is 0 Å². The quantitative estimate of drug-likeness (QED) is 0.348. The minimum atomic E-state index is -5.16. The van der Waals surface area contributed by atoms with Crippen LogP contribution in [0.3, 0.4) is 0 Å². The van der Waals surface area contributed by atoms with Crippen LogP contribution in [0.2, 0.25) is 0 Å². The van der Waals surface area contributed by atoms with Crippen molar-refractivity contribution in [3.8, 4) is 0 Å². The van der Waals surface area contributed by atoms with E-state index in [0.29, 0.717) is 38.5 Å². The standard InChI is InChI=1S/C27H37F3O8S/c1-14(4-7-23(34)38-22(27(28,29)30)13-39(35,36)37)17-5-6-18-24-19(12-21(33)26(17,18)3)25(2)9-8-16(31)10-15(25)11-20(24)32/h14-15,17-19,22,24H,4-13H2,1-3H3,(H,35,36,37)/t14?,15-,17+,18+,19+,22?,24+,25+,26-/m1/s1. The summed E-state index contributed by atoms with van der Waals surface area (Å²) < 4.78 is 74.4. The number of fused-ring (bicyclic) bond motifs is 5. The van der Waals surface area contributed by atoms with Gasteiger partial charge in [0.05, 0.1) is 0 Å². The number of esters is 1. The Hall–Kier alpha value is -1.82. The zero-order valence-electron chi connectivity index (χ0n) is 22.5. The van der Waals surface area contributed by atoms with Crippen LogP contribution >= 0.6 is 0 Å². The Balaban J connectivity index is 1.45. The minimum Gasteiger partial charge on any atom is -0.451 e. The smallest absolute Gasteiger partial charge is 0.426 e. The average molecular weight is 579 g/mol. The molecule has 4 saturated carbocycles. The van der Waals surface area contributed by atoms with Crippen molar-refractivity contribution in [2.24, 2.45) is 46.3 Å². The van der Waals surface area contributed by atoms with Crippen LogP contribution in [0, 0.1) is 46.3 Å². The number of Topliss-reactive ketones (excluding diaryl/α,β-unsaturated/α-hetero) is 3. The van der Waals surface area contributed by atoms with E-state index in [0.717, 1.165) is 0 Å². The van der Waals surface area contributed by atoms with E-state index in [-0.39, 0.29) is 71.1 Å². The van der Waals surface area contributed by atoms with Gasteiger partial charge in [0.2, 0.25) is 6.10 Å². The molecule has 0 heterocycles. The van der Waals surface area contributed by atoms with Gasteiger partial charge in [-0.1, -0.05) is 20.8 Å². The molecular weight excluding hydrogens is 541 g/mol. The summed E-state index contributed by atoms with van der Waals surface area (Å²) >= 11 is 0. The number of ether oxygens (including phenoxy) is 1. The van der Waals surface area contributed by atoms with Gasteiger partial charge < -0.3 is 4.74 Å². The van der Waals surface area contributed by atoms with Crippen LogP contribution in [0.15, 0.2) is 0 Å². The van der Waals surface area contributed by atoms with Crippen molar-refractivity contribution in [2.75, 3.05) is 5.75 Å². The lowest BCUT2D eigenvalue weighted by Gasteiger charge is -2.58. The molecule has 4 fully saturated rings. The second-order valence-electron chi connectivity index (χ2n) is 12.7. The molecule has 12 heteroatoms. The first kappa shape index (κ1) is 30.1. The number of ketones is 3. The number of carbonyl (C=O) groups excluding carboxylic acids is 4. The van der Waals surface area contributed by atoms with Gasteiger partial charge in [-0.2, -0.15) is 21.6 Å². The predicted octanol–water partition coefficient (Wildman–Crippen LogP) is 4.35. The highest BCUT2D eigenvalue weighted by Gasteiger charge is 2.66. The number of alkyl halides is 3. The Morgan fingerprint density at radius 3 is 2.38 bits per heavy atom. The molecule has 9 atom stereocenters. The molecule has 8 nitrogen and oxygen atoms in total. The second-order valence-corrected chi connectivity index (χ2v) is 14.2. The van der Waals surface area contributed by atoms with Crippen LogP contribution in [0.1, 0.15) is 78.6 Å². The summed E-state index contributed by atoms with van der Waals surface area (Å²) in [6.45, 7) is 5.85. The fraction of sp³-hybridized carbons (Fsp3) is 0.852. The summed E-state index contributed by atoms with van der Waals surface area (Å²) in [6.07, 6.45) is -4.97. The largest absolute Gasteiger partial charge is 0.451 e. The minimum absolute atomic E-state index is 0.0341. The predicted molar refractivity (Wildman–Crippen MR) is 132 cm³/mol. The highest BCUT2D eigenvalue weighted by molar-refractivity contribution is 7.85. The second kappa shape index (κ2) is 10.2. The number of carbonyl (C=O) groups is 4. The first-order valence-electron chi connectivity index (χ1n) is 13.7. The number of hydrogen-bond acceptors (Lipinski definition) is 7. The molecule has 0 saturated heterocycles. The monoisotopic (exact) mass is 578 g/mol. The van der Waals surface area contributed by atoms with Gasteiger partial charge in [0.15, 0.2) is 0 Å². The van der Waals surface area contributed by atoms with Crippen molar-refractivity contribution >= 4 is 33.4 Å². The Bertz CT molecular complexity index is 1150. The maximum Gasteiger partial charge on any atom is 0.426 e. The van der Waals surface area contributed by atoms with Gasteiger partial charge in [0.1, 0.15) is 23.1 Å². The van der Waals surface area contributed by atoms with Gasteiger partial charge in [-0.05, 0) is 60.7 Å². The maximum atomic E-state index is 13.8. The van der Waals surface area contributed by atoms with E-state index in [4.69, 9.17) is 4.55 Å². The van der Waals surface area contributed by atoms with Crippen molar-refractivity contribution in [2.45, 2.75) is 90.8 Å². The molecule has 4 aliphatic carbocycles. The molecule has 0 aromatic carbocycles. The Labute approximate surface area is 226 Å². The number of hydrogen-bond donors (Lipinski definition) is 1. The molecule has 4 aliphatic rings. The SMILES string of the molecule is CC(CCC(=O)OC(CS(=O)(=O)O)C(F)(F)F)[C@@H]1CC[C@H]2[C@@H]3C(=O)C[C@H]4CC(=O)CC[C@]4(C)[C@H]3CC(=O)[C@]12C. The van der Waals surface area contributed by atoms with Gasteiger partial charge >= 0.3 is 12.1 Å². The topological polar surface area (TPSA) is 132 Å². The molecule has 0 amide bonds. The summed E-state index contributed by atoms with van der Waals surface area (Å²) in [5.74, 6) is -3.63. The van der Waals surface area contributed by atoms with Crippen LogP contribution in [-0.4, -0.2) is 54.3 Å². The molecule has 220 valence electrons. The van der Waals surface area contributed by atoms with Crippen LogP contribution in [0.25, 0.3) is 0 Å². The summed E-state index contributed by atoms with van der Waals surface area (Å²) in [4.78, 5) is 51.6. The Morgan fingerprint density at radius 2 is 1.77 bits per heavy atom. The average Bonchev–Trinajstić information content (AvgIpc) is 3.16. The molecule has 4 rings (SSSR count). The maximum absolute atomic E-state index is 13.8. The molecule has 2 unspecified atom stereocenters. The molecule has 0 aromatic rings. The number of rotatable bonds is 7. The van der Waals surface area contributed by atoms with Gasteiger partial charge in [-0.15, -0.1) is 0 Å². The first-order chi connectivity index (χ1) is 17.9. The van der Waals surface area contributed by atoms with Gasteiger partial charge in [0, 0.05) is 43.4 Å². The molecule has 0 bridgehead atoms. The van der Waals surface area contributed by atoms with Crippen LogP contribution in [0.5, 0.6) is 0 Å². The van der Waals surface area contributed by atoms with E-state index in [1.165, 1.54) is 0 Å². The molecule has 0 radical (unpaired) electrons. The number of halogens is 3. The zero-order valence-corrected chi connectivity index (χ0v) is 23.3. The van der Waals surface area contributed by atoms with Crippen molar-refractivity contribution in [3.05, 3.63) is 0 Å². The Morgan fingerprint density at radius 1 is 1.10 bits per heavy atom. The molecule has 39 heavy (non-hydrogen) atoms. The first-order valence-corrected chi connectivity index (χ1v) is 15.3. The van der Waals surface area contributed by atoms with Crippen LogP contribution in [0.4, 0.5) is 13.2 Å². The van der Waals surface area contributed by atoms with E-state index < -0.39 is 46.0 Å². The summed E-state index contributed by atoms with van der Waals surface area (Å²) in [7, 11) is -5.03. The van der Waals surface area contributed by atoms with E-state index in [2.05, 4.69) is 11.7 Å². The van der Waals surface area contributed by atoms with E-state index in [9.17, 15) is 40.8 Å². The molecule has 1 N–H and O–H groups in total. The summed E-state index contributed by atoms with van der Waals surface area (Å²) in [5.41, 5.74) is -1.04. The lowest BCUT2D eigenvalue weighted by atomic mass is 9.44. The molecule has 0 aromatic heterocycles. The van der Waals surface area contributed by atoms with E-state index in [1.807, 2.05) is 13.8 Å². The Kier molecular flexibility index (Phi) is 7.90. The highest BCUT2D eigenvalue weighted by Crippen LogP contribution is 2.66. The third kappa shape index (κ3) is 5.56. The van der Waals surface area contributed by atoms with Crippen molar-refractivity contribution in [1.82, 2.24) is 0 Å². The summed E-state index contributed by atoms with van der Waals surface area (Å²) in [5, 5.41) is 0. The third-order valence-electron chi connectivity index (χ3n) is 10.7. The summed E-state index contributed by atoms with van der Waals surface area (Å²) in [6, 6.07) is 0. The molecule has 0 aliphatic heterocycles. The van der Waals surface area contributed by atoms with Crippen LogP contribution < -0.4 is 0 Å². The third-order valence-corrected chi connectivity index (χ3v) is 11.4. The van der Waals surface area contributed by atoms with E-state index in [1.54, 1.807) is 0 Å². The van der Waals surface area contributed by atoms with Crippen LogP contribution in [-0.2, 0) is 34.0 Å². The van der Waals surface area contributed by atoms with Gasteiger partial charge in [-0.3, -0.25) is 23.7 Å². The van der Waals surface area contributed by atoms with Crippen molar-refractivity contribution < 1.29 is 50.1 Å². The normalized spacial score (nSPS) is 38.4. The highest BCUT2D eigenvalue weighted by atomic mass is 32.2. The fourth-order valence-corrected chi connectivity index (χ4v) is 9.18. The lowest BCUT2D eigenvalue weighted by molar-refractivity contribution is -0.215. The van der Waals surface area contributed by atoms with Gasteiger partial charge in [-0.25, -0.2) is 0 Å². The van der Waals surface area contributed by atoms with Crippen molar-refractivity contribution in [1.29, 1.82) is 0 Å². The zero-order chi connectivity index (χ0) is 29.1. The van der Waals surface area contributed by atoms with E-state index >= 15 is 0 Å². The molecule has 0 spiro atoms.